The van der Waals surface area contributed by atoms with Crippen LogP contribution in [0.4, 0.5) is 10.1 Å². The van der Waals surface area contributed by atoms with E-state index in [4.69, 9.17) is 17.3 Å². The quantitative estimate of drug-likeness (QED) is 0.493. The first-order valence-corrected chi connectivity index (χ1v) is 5.90. The molecule has 1 aromatic rings. The van der Waals surface area contributed by atoms with Crippen molar-refractivity contribution >= 4 is 23.0 Å². The van der Waals surface area contributed by atoms with E-state index in [2.05, 4.69) is 10.5 Å². The van der Waals surface area contributed by atoms with Crippen LogP contribution in [0.5, 0.6) is 0 Å². The zero-order chi connectivity index (χ0) is 13.3. The number of hydrazone groups is 1. The molecule has 4 nitrogen and oxygen atoms in total. The summed E-state index contributed by atoms with van der Waals surface area (Å²) in [6, 6.07) is 4.54. The average Bonchev–Trinajstić information content (AvgIpc) is 2.30. The minimum absolute atomic E-state index is 0.0411. The molecule has 0 aromatic heterocycles. The molecule has 0 bridgehead atoms. The Kier molecular flexibility index (Phi) is 3.43. The Morgan fingerprint density at radius 3 is 2.83 bits per heavy atom. The van der Waals surface area contributed by atoms with Crippen LogP contribution in [0.2, 0.25) is 0 Å². The summed E-state index contributed by atoms with van der Waals surface area (Å²) >= 11 is 6.28. The van der Waals surface area contributed by atoms with Crippen molar-refractivity contribution in [3.8, 4) is 0 Å². The minimum Gasteiger partial charge on any atom is -0.396 e. The summed E-state index contributed by atoms with van der Waals surface area (Å²) in [5.41, 5.74) is 10.2. The summed E-state index contributed by atoms with van der Waals surface area (Å²) in [7, 11) is 0. The molecular weight excluding hydrogens is 255 g/mol. The second-order valence-electron chi connectivity index (χ2n) is 4.10. The maximum atomic E-state index is 13.4. The van der Waals surface area contributed by atoms with Gasteiger partial charge in [0.25, 0.3) is 0 Å². The highest BCUT2D eigenvalue weighted by Crippen LogP contribution is 2.31. The van der Waals surface area contributed by atoms with Crippen molar-refractivity contribution in [2.45, 2.75) is 19.3 Å². The van der Waals surface area contributed by atoms with Gasteiger partial charge in [-0.15, -0.1) is 0 Å². The summed E-state index contributed by atoms with van der Waals surface area (Å²) in [5.74, 6) is -0.483. The fourth-order valence-electron chi connectivity index (χ4n) is 1.75. The van der Waals surface area contributed by atoms with Gasteiger partial charge in [-0.2, -0.15) is 10.2 Å². The Hall–Kier alpha value is -1.75. The Morgan fingerprint density at radius 1 is 1.44 bits per heavy atom. The summed E-state index contributed by atoms with van der Waals surface area (Å²) < 4.78 is 13.4. The number of hydrazine groups is 1. The third-order valence-corrected chi connectivity index (χ3v) is 2.96. The van der Waals surface area contributed by atoms with Crippen LogP contribution in [0.1, 0.15) is 24.9 Å². The predicted molar refractivity (Wildman–Crippen MR) is 71.2 cm³/mol. The van der Waals surface area contributed by atoms with Gasteiger partial charge in [0, 0.05) is 11.3 Å². The fraction of sp³-hybridized carbons (Fsp3) is 0.250. The molecule has 3 N–H and O–H groups in total. The van der Waals surface area contributed by atoms with E-state index in [0.29, 0.717) is 5.56 Å². The van der Waals surface area contributed by atoms with E-state index in [-0.39, 0.29) is 5.69 Å². The van der Waals surface area contributed by atoms with E-state index in [0.717, 1.165) is 11.4 Å². The third-order valence-electron chi connectivity index (χ3n) is 2.54. The number of halogens is 2. The largest absolute Gasteiger partial charge is 0.396 e. The number of nitrogens with one attached hydrogen (secondary N) is 1. The van der Waals surface area contributed by atoms with E-state index in [9.17, 15) is 4.39 Å². The van der Waals surface area contributed by atoms with E-state index in [1.54, 1.807) is 12.1 Å². The smallest absolute Gasteiger partial charge is 0.170 e. The molecule has 0 saturated carbocycles. The van der Waals surface area contributed by atoms with Gasteiger partial charge in [0.1, 0.15) is 5.82 Å². The van der Waals surface area contributed by atoms with Crippen molar-refractivity contribution in [1.29, 1.82) is 0 Å². The van der Waals surface area contributed by atoms with Crippen molar-refractivity contribution in [2.75, 3.05) is 5.73 Å². The third kappa shape index (κ3) is 2.41. The highest BCUT2D eigenvalue weighted by molar-refractivity contribution is 6.21. The van der Waals surface area contributed by atoms with Crippen molar-refractivity contribution < 1.29 is 4.39 Å². The van der Waals surface area contributed by atoms with Crippen LogP contribution in [0.25, 0.3) is 0 Å². The van der Waals surface area contributed by atoms with Crippen LogP contribution in [-0.2, 0) is 0 Å². The lowest BCUT2D eigenvalue weighted by Crippen LogP contribution is -2.37. The lowest BCUT2D eigenvalue weighted by molar-refractivity contribution is 0.198. The molecule has 0 radical (unpaired) electrons. The fourth-order valence-corrected chi connectivity index (χ4v) is 2.03. The van der Waals surface area contributed by atoms with Gasteiger partial charge in [0.15, 0.2) is 5.50 Å². The van der Waals surface area contributed by atoms with E-state index in [1.807, 2.05) is 19.9 Å². The van der Waals surface area contributed by atoms with Gasteiger partial charge < -0.3 is 5.73 Å². The Labute approximate surface area is 110 Å². The molecule has 1 unspecified atom stereocenters. The first-order valence-electron chi connectivity index (χ1n) is 5.46. The van der Waals surface area contributed by atoms with Crippen LogP contribution in [0, 0.1) is 5.82 Å². The van der Waals surface area contributed by atoms with Crippen LogP contribution >= 0.6 is 11.6 Å². The van der Waals surface area contributed by atoms with Crippen LogP contribution in [0.3, 0.4) is 0 Å². The maximum Gasteiger partial charge on any atom is 0.170 e. The van der Waals surface area contributed by atoms with Crippen LogP contribution in [0.15, 0.2) is 35.1 Å². The monoisotopic (exact) mass is 268 g/mol. The number of nitrogens with zero attached hydrogens (tertiary/aromatic N) is 2. The Morgan fingerprint density at radius 2 is 2.17 bits per heavy atom. The number of anilines is 1. The number of rotatable bonds is 2. The molecular formula is C12H14ClFN4. The first-order chi connectivity index (χ1) is 8.49. The summed E-state index contributed by atoms with van der Waals surface area (Å²) in [6.07, 6.45) is 1.88. The second kappa shape index (κ2) is 4.86. The highest BCUT2D eigenvalue weighted by atomic mass is 35.5. The van der Waals surface area contributed by atoms with Crippen molar-refractivity contribution in [3.05, 3.63) is 41.4 Å². The number of allylic oxidation sites excluding steroid dienone is 2. The zero-order valence-electron chi connectivity index (χ0n) is 10.1. The number of alkyl halides is 1. The number of benzene rings is 1. The molecule has 0 saturated heterocycles. The molecule has 1 heterocycles. The van der Waals surface area contributed by atoms with Gasteiger partial charge in [-0.1, -0.05) is 23.7 Å². The van der Waals surface area contributed by atoms with Crippen molar-refractivity contribution in [1.82, 2.24) is 10.5 Å². The number of hydrogen-bond donors (Lipinski definition) is 2. The van der Waals surface area contributed by atoms with E-state index < -0.39 is 11.3 Å². The molecule has 18 heavy (non-hydrogen) atoms. The van der Waals surface area contributed by atoms with Gasteiger partial charge in [-0.05, 0) is 26.0 Å². The van der Waals surface area contributed by atoms with Gasteiger partial charge in [0.2, 0.25) is 0 Å². The summed E-state index contributed by atoms with van der Waals surface area (Å²) in [5, 5.41) is 5.69. The Balaban J connectivity index is 2.30. The van der Waals surface area contributed by atoms with E-state index >= 15 is 0 Å². The molecule has 0 amide bonds. The minimum atomic E-state index is -0.681. The van der Waals surface area contributed by atoms with E-state index in [1.165, 1.54) is 11.2 Å². The number of para-hydroxylation sites is 1. The molecule has 6 heteroatoms. The van der Waals surface area contributed by atoms with Crippen molar-refractivity contribution in [3.63, 3.8) is 0 Å². The van der Waals surface area contributed by atoms with Gasteiger partial charge in [-0.25, -0.2) is 4.39 Å². The summed E-state index contributed by atoms with van der Waals surface area (Å²) in [4.78, 5) is 0. The zero-order valence-corrected chi connectivity index (χ0v) is 10.9. The van der Waals surface area contributed by atoms with Crippen molar-refractivity contribution in [2.24, 2.45) is 5.10 Å². The lowest BCUT2D eigenvalue weighted by Gasteiger charge is -2.30. The molecule has 96 valence electrons. The molecule has 1 aliphatic heterocycles. The first kappa shape index (κ1) is 12.7. The SMILES string of the molecule is CC1=CC(C)=NN(C(Cl)c2cccc(F)c2N)N1. The topological polar surface area (TPSA) is 53.6 Å². The predicted octanol–water partition coefficient (Wildman–Crippen LogP) is 2.75. The molecule has 1 aromatic carbocycles. The highest BCUT2D eigenvalue weighted by Gasteiger charge is 2.22. The summed E-state index contributed by atoms with van der Waals surface area (Å²) in [6.45, 7) is 3.75. The molecule has 0 spiro atoms. The molecule has 1 aliphatic rings. The number of hydrogen-bond acceptors (Lipinski definition) is 4. The van der Waals surface area contributed by atoms with Crippen LogP contribution < -0.4 is 11.2 Å². The Bertz CT molecular complexity index is 527. The molecule has 0 fully saturated rings. The van der Waals surface area contributed by atoms with Gasteiger partial charge in [-0.3, -0.25) is 5.43 Å². The standard InChI is InChI=1S/C12H14ClFN4/c1-7-6-8(2)17-18(16-7)12(13)9-4-3-5-10(14)11(9)15/h3-6,12,16H,15H2,1-2H3. The van der Waals surface area contributed by atoms with Gasteiger partial charge in [0.05, 0.1) is 11.4 Å². The van der Waals surface area contributed by atoms with Gasteiger partial charge >= 0.3 is 0 Å². The average molecular weight is 269 g/mol. The number of nitrogen functional groups attached to an aromatic ring is 1. The second-order valence-corrected chi connectivity index (χ2v) is 4.52. The number of nitrogens with two attached hydrogens (primary N) is 1. The molecule has 1 atom stereocenters. The lowest BCUT2D eigenvalue weighted by atomic mass is 10.1. The molecule has 2 rings (SSSR count). The molecule has 0 aliphatic carbocycles. The van der Waals surface area contributed by atoms with Crippen LogP contribution in [-0.4, -0.2) is 10.8 Å². The maximum absolute atomic E-state index is 13.4. The normalized spacial score (nSPS) is 16.8.